The quantitative estimate of drug-likeness (QED) is 0.246. The van der Waals surface area contributed by atoms with Crippen molar-refractivity contribution >= 4 is 29.9 Å². The van der Waals surface area contributed by atoms with Gasteiger partial charge in [-0.3, -0.25) is 4.99 Å². The zero-order valence-electron chi connectivity index (χ0n) is 16.4. The summed E-state index contributed by atoms with van der Waals surface area (Å²) in [6, 6.07) is 7.53. The van der Waals surface area contributed by atoms with Crippen molar-refractivity contribution in [1.82, 2.24) is 20.2 Å². The second-order valence-corrected chi connectivity index (χ2v) is 6.27. The Morgan fingerprint density at radius 3 is 2.52 bits per heavy atom. The summed E-state index contributed by atoms with van der Waals surface area (Å²) >= 11 is 0. The van der Waals surface area contributed by atoms with Crippen LogP contribution in [0, 0.1) is 5.92 Å². The SMILES string of the molecule is CN=C(NCCOc1ccc(OC)cc1)NCc1nccn1CC(C)C.I. The van der Waals surface area contributed by atoms with E-state index in [1.54, 1.807) is 14.2 Å². The number of ether oxygens (including phenoxy) is 2. The number of halogens is 1. The molecule has 0 spiro atoms. The first kappa shape index (κ1) is 23.1. The Hall–Kier alpha value is -1.97. The first-order chi connectivity index (χ1) is 12.6. The molecule has 2 N–H and O–H groups in total. The monoisotopic (exact) mass is 487 g/mol. The third kappa shape index (κ3) is 8.06. The zero-order chi connectivity index (χ0) is 18.8. The van der Waals surface area contributed by atoms with E-state index in [-0.39, 0.29) is 24.0 Å². The van der Waals surface area contributed by atoms with Gasteiger partial charge >= 0.3 is 0 Å². The third-order valence-electron chi connectivity index (χ3n) is 3.72. The molecule has 0 radical (unpaired) electrons. The van der Waals surface area contributed by atoms with Gasteiger partial charge in [0.05, 0.1) is 20.2 Å². The van der Waals surface area contributed by atoms with Crippen LogP contribution in [0.1, 0.15) is 19.7 Å². The number of methoxy groups -OCH3 is 1. The topological polar surface area (TPSA) is 72.7 Å². The number of benzene rings is 1. The summed E-state index contributed by atoms with van der Waals surface area (Å²) in [6.45, 7) is 7.15. The minimum atomic E-state index is 0. The van der Waals surface area contributed by atoms with E-state index in [2.05, 4.69) is 39.0 Å². The Morgan fingerprint density at radius 1 is 1.19 bits per heavy atom. The van der Waals surface area contributed by atoms with Crippen molar-refractivity contribution in [2.45, 2.75) is 26.9 Å². The highest BCUT2D eigenvalue weighted by Gasteiger charge is 2.06. The minimum absolute atomic E-state index is 0. The zero-order valence-corrected chi connectivity index (χ0v) is 18.8. The standard InChI is InChI=1S/C19H29N5O2.HI/c1-15(2)14-24-11-9-21-18(24)13-23-19(20-3)22-10-12-26-17-7-5-16(25-4)6-8-17;/h5-9,11,15H,10,12-14H2,1-4H3,(H2,20,22,23);1H. The highest BCUT2D eigenvalue weighted by atomic mass is 127. The van der Waals surface area contributed by atoms with Crippen LogP contribution >= 0.6 is 24.0 Å². The lowest BCUT2D eigenvalue weighted by atomic mass is 10.2. The molecule has 0 saturated carbocycles. The average Bonchev–Trinajstić information content (AvgIpc) is 3.08. The molecular weight excluding hydrogens is 457 g/mol. The molecule has 7 nitrogen and oxygen atoms in total. The Bertz CT molecular complexity index is 686. The molecule has 150 valence electrons. The van der Waals surface area contributed by atoms with Crippen molar-refractivity contribution < 1.29 is 9.47 Å². The van der Waals surface area contributed by atoms with Crippen molar-refractivity contribution in [3.63, 3.8) is 0 Å². The van der Waals surface area contributed by atoms with Crippen LogP contribution in [-0.2, 0) is 13.1 Å². The predicted octanol–water partition coefficient (Wildman–Crippen LogP) is 2.91. The Morgan fingerprint density at radius 2 is 1.89 bits per heavy atom. The number of imidazole rings is 1. The first-order valence-electron chi connectivity index (χ1n) is 8.83. The second kappa shape index (κ2) is 12.4. The summed E-state index contributed by atoms with van der Waals surface area (Å²) in [6.07, 6.45) is 3.84. The van der Waals surface area contributed by atoms with Crippen LogP contribution in [0.3, 0.4) is 0 Å². The van der Waals surface area contributed by atoms with Crippen LogP contribution in [0.2, 0.25) is 0 Å². The molecule has 0 unspecified atom stereocenters. The van der Waals surface area contributed by atoms with Gasteiger partial charge in [0.25, 0.3) is 0 Å². The molecule has 2 aromatic rings. The van der Waals surface area contributed by atoms with E-state index in [1.807, 2.05) is 36.7 Å². The molecule has 0 atom stereocenters. The van der Waals surface area contributed by atoms with E-state index in [0.29, 0.717) is 25.6 Å². The van der Waals surface area contributed by atoms with Gasteiger partial charge in [-0.25, -0.2) is 4.98 Å². The Kier molecular flexibility index (Phi) is 10.6. The number of hydrogen-bond donors (Lipinski definition) is 2. The number of aromatic nitrogens is 2. The van der Waals surface area contributed by atoms with Crippen molar-refractivity contribution in [3.8, 4) is 11.5 Å². The molecule has 0 aliphatic rings. The number of aliphatic imine (C=N–C) groups is 1. The maximum Gasteiger partial charge on any atom is 0.191 e. The van der Waals surface area contributed by atoms with Gasteiger partial charge in [-0.05, 0) is 30.2 Å². The predicted molar refractivity (Wildman–Crippen MR) is 119 cm³/mol. The van der Waals surface area contributed by atoms with E-state index in [4.69, 9.17) is 9.47 Å². The maximum absolute atomic E-state index is 5.70. The van der Waals surface area contributed by atoms with Crippen LogP contribution in [0.5, 0.6) is 11.5 Å². The number of rotatable bonds is 9. The van der Waals surface area contributed by atoms with Gasteiger partial charge < -0.3 is 24.7 Å². The Balaban J connectivity index is 0.00000364. The molecule has 1 aromatic heterocycles. The molecule has 0 saturated heterocycles. The summed E-state index contributed by atoms with van der Waals surface area (Å²) in [5.74, 6) is 3.93. The molecule has 27 heavy (non-hydrogen) atoms. The van der Waals surface area contributed by atoms with E-state index in [0.717, 1.165) is 29.8 Å². The number of nitrogens with one attached hydrogen (secondary N) is 2. The van der Waals surface area contributed by atoms with Gasteiger partial charge in [0.1, 0.15) is 23.9 Å². The lowest BCUT2D eigenvalue weighted by Gasteiger charge is -2.14. The molecule has 0 fully saturated rings. The average molecular weight is 487 g/mol. The molecule has 1 aromatic carbocycles. The summed E-state index contributed by atoms with van der Waals surface area (Å²) in [4.78, 5) is 8.64. The van der Waals surface area contributed by atoms with Gasteiger partial charge in [-0.15, -0.1) is 24.0 Å². The number of nitrogens with zero attached hydrogens (tertiary/aromatic N) is 3. The van der Waals surface area contributed by atoms with Gasteiger partial charge in [-0.2, -0.15) is 0 Å². The van der Waals surface area contributed by atoms with Crippen LogP contribution in [0.15, 0.2) is 41.7 Å². The molecule has 0 bridgehead atoms. The number of hydrogen-bond acceptors (Lipinski definition) is 4. The van der Waals surface area contributed by atoms with Gasteiger partial charge in [-0.1, -0.05) is 13.8 Å². The lowest BCUT2D eigenvalue weighted by Crippen LogP contribution is -2.39. The van der Waals surface area contributed by atoms with E-state index < -0.39 is 0 Å². The van der Waals surface area contributed by atoms with Gasteiger partial charge in [0.2, 0.25) is 0 Å². The molecule has 8 heteroatoms. The van der Waals surface area contributed by atoms with Crippen LogP contribution < -0.4 is 20.1 Å². The summed E-state index contributed by atoms with van der Waals surface area (Å²) < 4.78 is 13.0. The maximum atomic E-state index is 5.70. The van der Waals surface area contributed by atoms with Crippen LogP contribution in [0.4, 0.5) is 0 Å². The van der Waals surface area contributed by atoms with Gasteiger partial charge in [0, 0.05) is 26.0 Å². The van der Waals surface area contributed by atoms with Crippen molar-refractivity contribution in [2.24, 2.45) is 10.9 Å². The molecule has 0 amide bonds. The fourth-order valence-electron chi connectivity index (χ4n) is 2.46. The van der Waals surface area contributed by atoms with E-state index in [9.17, 15) is 0 Å². The Labute approximate surface area is 178 Å². The largest absolute Gasteiger partial charge is 0.497 e. The molecule has 1 heterocycles. The van der Waals surface area contributed by atoms with Crippen LogP contribution in [-0.4, -0.2) is 42.8 Å². The summed E-state index contributed by atoms with van der Waals surface area (Å²) in [5, 5.41) is 6.52. The lowest BCUT2D eigenvalue weighted by molar-refractivity contribution is 0.321. The van der Waals surface area contributed by atoms with Crippen molar-refractivity contribution in [2.75, 3.05) is 27.3 Å². The normalized spacial score (nSPS) is 11.1. The molecule has 0 aliphatic carbocycles. The highest BCUT2D eigenvalue weighted by molar-refractivity contribution is 14.0. The smallest absolute Gasteiger partial charge is 0.191 e. The molecule has 2 rings (SSSR count). The fourth-order valence-corrected chi connectivity index (χ4v) is 2.46. The van der Waals surface area contributed by atoms with E-state index in [1.165, 1.54) is 0 Å². The summed E-state index contributed by atoms with van der Waals surface area (Å²) in [5.41, 5.74) is 0. The second-order valence-electron chi connectivity index (χ2n) is 6.27. The van der Waals surface area contributed by atoms with Crippen LogP contribution in [0.25, 0.3) is 0 Å². The fraction of sp³-hybridized carbons (Fsp3) is 0.474. The van der Waals surface area contributed by atoms with Gasteiger partial charge in [0.15, 0.2) is 5.96 Å². The van der Waals surface area contributed by atoms with E-state index >= 15 is 0 Å². The third-order valence-corrected chi connectivity index (χ3v) is 3.72. The highest BCUT2D eigenvalue weighted by Crippen LogP contribution is 2.16. The molecular formula is C19H30IN5O2. The first-order valence-corrected chi connectivity index (χ1v) is 8.83. The van der Waals surface area contributed by atoms with Crippen molar-refractivity contribution in [1.29, 1.82) is 0 Å². The van der Waals surface area contributed by atoms with Crippen molar-refractivity contribution in [3.05, 3.63) is 42.5 Å². The minimum Gasteiger partial charge on any atom is -0.497 e. The summed E-state index contributed by atoms with van der Waals surface area (Å²) in [7, 11) is 3.40. The number of guanidine groups is 1. The molecule has 0 aliphatic heterocycles.